The number of hydrogen-bond acceptors (Lipinski definition) is 2. The van der Waals surface area contributed by atoms with Crippen molar-refractivity contribution in [2.45, 2.75) is 0 Å². The Labute approximate surface area is 142 Å². The van der Waals surface area contributed by atoms with Gasteiger partial charge in [0.1, 0.15) is 0 Å². The van der Waals surface area contributed by atoms with Crippen LogP contribution >= 0.6 is 23.2 Å². The van der Waals surface area contributed by atoms with Crippen molar-refractivity contribution in [1.82, 2.24) is 4.98 Å². The molecule has 1 aromatic heterocycles. The minimum absolute atomic E-state index is 0.220. The van der Waals surface area contributed by atoms with E-state index in [4.69, 9.17) is 23.2 Å². The summed E-state index contributed by atoms with van der Waals surface area (Å²) in [6.45, 7) is 0. The Morgan fingerprint density at radius 3 is 2.57 bits per heavy atom. The SMILES string of the molecule is O=C(O)c1cc(C=Cc2ccc(Cl)cc2Cl)nc2ccccc12. The molecule has 0 spiro atoms. The van der Waals surface area contributed by atoms with E-state index in [2.05, 4.69) is 4.98 Å². The zero-order valence-electron chi connectivity index (χ0n) is 11.8. The van der Waals surface area contributed by atoms with Crippen LogP contribution in [0.4, 0.5) is 0 Å². The number of nitrogens with zero attached hydrogens (tertiary/aromatic N) is 1. The lowest BCUT2D eigenvalue weighted by Crippen LogP contribution is -2.00. The molecule has 1 N–H and O–H groups in total. The van der Waals surface area contributed by atoms with E-state index in [0.717, 1.165) is 5.56 Å². The number of aromatic nitrogens is 1. The molecule has 3 nitrogen and oxygen atoms in total. The molecule has 0 saturated heterocycles. The van der Waals surface area contributed by atoms with Crippen LogP contribution in [-0.4, -0.2) is 16.1 Å². The van der Waals surface area contributed by atoms with Crippen LogP contribution in [0.25, 0.3) is 23.1 Å². The van der Waals surface area contributed by atoms with Crippen molar-refractivity contribution in [3.05, 3.63) is 75.4 Å². The van der Waals surface area contributed by atoms with Gasteiger partial charge in [-0.15, -0.1) is 0 Å². The molecule has 0 aliphatic rings. The zero-order chi connectivity index (χ0) is 16.4. The first-order valence-corrected chi connectivity index (χ1v) is 7.56. The monoisotopic (exact) mass is 343 g/mol. The molecule has 0 fully saturated rings. The number of benzene rings is 2. The average Bonchev–Trinajstić information content (AvgIpc) is 2.53. The molecule has 0 radical (unpaired) electrons. The summed E-state index contributed by atoms with van der Waals surface area (Å²) < 4.78 is 0. The lowest BCUT2D eigenvalue weighted by molar-refractivity contribution is 0.0699. The van der Waals surface area contributed by atoms with Crippen LogP contribution in [0, 0.1) is 0 Å². The molecule has 0 aliphatic carbocycles. The maximum absolute atomic E-state index is 11.4. The second-order valence-electron chi connectivity index (χ2n) is 4.92. The molecule has 0 saturated carbocycles. The van der Waals surface area contributed by atoms with Crippen LogP contribution in [-0.2, 0) is 0 Å². The number of hydrogen-bond donors (Lipinski definition) is 1. The topological polar surface area (TPSA) is 50.2 Å². The fourth-order valence-corrected chi connectivity index (χ4v) is 2.74. The molecule has 3 aromatic rings. The van der Waals surface area contributed by atoms with Gasteiger partial charge in [-0.05, 0) is 35.9 Å². The second kappa shape index (κ2) is 6.41. The van der Waals surface area contributed by atoms with E-state index in [1.807, 2.05) is 6.07 Å². The van der Waals surface area contributed by atoms with Crippen molar-refractivity contribution >= 4 is 52.2 Å². The van der Waals surface area contributed by atoms with Gasteiger partial charge in [0.15, 0.2) is 0 Å². The molecule has 0 amide bonds. The average molecular weight is 344 g/mol. The number of carbonyl (C=O) groups is 1. The van der Waals surface area contributed by atoms with Gasteiger partial charge in [-0.25, -0.2) is 9.78 Å². The molecule has 3 rings (SSSR count). The highest BCUT2D eigenvalue weighted by Gasteiger charge is 2.10. The van der Waals surface area contributed by atoms with E-state index in [9.17, 15) is 9.90 Å². The summed E-state index contributed by atoms with van der Waals surface area (Å²) in [5.41, 5.74) is 2.18. The maximum atomic E-state index is 11.4. The molecular weight excluding hydrogens is 333 g/mol. The number of halogens is 2. The summed E-state index contributed by atoms with van der Waals surface area (Å²) in [6.07, 6.45) is 3.51. The Morgan fingerprint density at radius 2 is 1.83 bits per heavy atom. The highest BCUT2D eigenvalue weighted by atomic mass is 35.5. The Bertz CT molecular complexity index is 935. The van der Waals surface area contributed by atoms with E-state index in [-0.39, 0.29) is 5.56 Å². The smallest absolute Gasteiger partial charge is 0.336 e. The summed E-state index contributed by atoms with van der Waals surface area (Å²) >= 11 is 12.0. The minimum Gasteiger partial charge on any atom is -0.478 e. The molecule has 1 heterocycles. The van der Waals surface area contributed by atoms with E-state index in [1.165, 1.54) is 0 Å². The summed E-state index contributed by atoms with van der Waals surface area (Å²) in [4.78, 5) is 15.9. The van der Waals surface area contributed by atoms with Gasteiger partial charge in [0.2, 0.25) is 0 Å². The Hall–Kier alpha value is -2.36. The lowest BCUT2D eigenvalue weighted by atomic mass is 10.1. The van der Waals surface area contributed by atoms with Gasteiger partial charge in [-0.3, -0.25) is 0 Å². The first kappa shape index (κ1) is 15.5. The first-order valence-electron chi connectivity index (χ1n) is 6.81. The maximum Gasteiger partial charge on any atom is 0.336 e. The van der Waals surface area contributed by atoms with Gasteiger partial charge in [-0.2, -0.15) is 0 Å². The van der Waals surface area contributed by atoms with Crippen LogP contribution in [0.5, 0.6) is 0 Å². The molecule has 5 heteroatoms. The minimum atomic E-state index is -0.984. The third-order valence-corrected chi connectivity index (χ3v) is 3.92. The third-order valence-electron chi connectivity index (χ3n) is 3.36. The molecule has 0 bridgehead atoms. The van der Waals surface area contributed by atoms with Crippen LogP contribution in [0.3, 0.4) is 0 Å². The number of carboxylic acids is 1. The predicted octanol–water partition coefficient (Wildman–Crippen LogP) is 5.41. The lowest BCUT2D eigenvalue weighted by Gasteiger charge is -2.04. The van der Waals surface area contributed by atoms with Crippen molar-refractivity contribution in [3.63, 3.8) is 0 Å². The van der Waals surface area contributed by atoms with Gasteiger partial charge in [0, 0.05) is 15.4 Å². The summed E-state index contributed by atoms with van der Waals surface area (Å²) in [5, 5.41) is 11.1. The highest BCUT2D eigenvalue weighted by Crippen LogP contribution is 2.24. The Kier molecular flexibility index (Phi) is 4.33. The van der Waals surface area contributed by atoms with Crippen molar-refractivity contribution in [3.8, 4) is 0 Å². The van der Waals surface area contributed by atoms with Gasteiger partial charge in [0.05, 0.1) is 16.8 Å². The number of rotatable bonds is 3. The first-order chi connectivity index (χ1) is 11.0. The van der Waals surface area contributed by atoms with Gasteiger partial charge in [0.25, 0.3) is 0 Å². The normalized spacial score (nSPS) is 11.2. The number of carboxylic acid groups (broad SMARTS) is 1. The molecule has 0 aliphatic heterocycles. The van der Waals surface area contributed by atoms with Crippen molar-refractivity contribution in [2.75, 3.05) is 0 Å². The molecule has 0 atom stereocenters. The van der Waals surface area contributed by atoms with Crippen LogP contribution in [0.1, 0.15) is 21.6 Å². The molecular formula is C18H11Cl2NO2. The van der Waals surface area contributed by atoms with Gasteiger partial charge < -0.3 is 5.11 Å². The van der Waals surface area contributed by atoms with Crippen molar-refractivity contribution in [1.29, 1.82) is 0 Å². The van der Waals surface area contributed by atoms with Crippen LogP contribution in [0.2, 0.25) is 10.0 Å². The van der Waals surface area contributed by atoms with Crippen LogP contribution in [0.15, 0.2) is 48.5 Å². The fourth-order valence-electron chi connectivity index (χ4n) is 2.27. The highest BCUT2D eigenvalue weighted by molar-refractivity contribution is 6.35. The predicted molar refractivity (Wildman–Crippen MR) is 94.1 cm³/mol. The van der Waals surface area contributed by atoms with Crippen molar-refractivity contribution in [2.24, 2.45) is 0 Å². The summed E-state index contributed by atoms with van der Waals surface area (Å²) in [6, 6.07) is 13.9. The third kappa shape index (κ3) is 3.36. The van der Waals surface area contributed by atoms with E-state index < -0.39 is 5.97 Å². The number of para-hydroxylation sites is 1. The van der Waals surface area contributed by atoms with E-state index >= 15 is 0 Å². The number of aromatic carboxylic acids is 1. The quantitative estimate of drug-likeness (QED) is 0.691. The molecule has 0 unspecified atom stereocenters. The van der Waals surface area contributed by atoms with Crippen molar-refractivity contribution < 1.29 is 9.90 Å². The zero-order valence-corrected chi connectivity index (χ0v) is 13.3. The largest absolute Gasteiger partial charge is 0.478 e. The Balaban J connectivity index is 2.06. The van der Waals surface area contributed by atoms with Crippen LogP contribution < -0.4 is 0 Å². The second-order valence-corrected chi connectivity index (χ2v) is 5.76. The van der Waals surface area contributed by atoms with E-state index in [0.29, 0.717) is 26.6 Å². The summed E-state index contributed by atoms with van der Waals surface area (Å²) in [7, 11) is 0. The van der Waals surface area contributed by atoms with Gasteiger partial charge in [-0.1, -0.05) is 53.5 Å². The standard InChI is InChI=1S/C18H11Cl2NO2/c19-12-7-5-11(16(20)9-12)6-8-13-10-15(18(22)23)14-3-1-2-4-17(14)21-13/h1-10H,(H,22,23). The number of fused-ring (bicyclic) bond motifs is 1. The number of pyridine rings is 1. The fraction of sp³-hybridized carbons (Fsp3) is 0. The molecule has 23 heavy (non-hydrogen) atoms. The summed E-state index contributed by atoms with van der Waals surface area (Å²) in [5.74, 6) is -0.984. The molecule has 114 valence electrons. The Morgan fingerprint density at radius 1 is 1.04 bits per heavy atom. The van der Waals surface area contributed by atoms with Gasteiger partial charge >= 0.3 is 5.97 Å². The van der Waals surface area contributed by atoms with E-state index in [1.54, 1.807) is 54.6 Å². The molecule has 2 aromatic carbocycles.